The van der Waals surface area contributed by atoms with Crippen molar-refractivity contribution < 1.29 is 9.59 Å². The molecule has 1 saturated heterocycles. The highest BCUT2D eigenvalue weighted by Crippen LogP contribution is 2.22. The highest BCUT2D eigenvalue weighted by molar-refractivity contribution is 5.96. The number of rotatable bonds is 3. The van der Waals surface area contributed by atoms with Crippen LogP contribution in [0.5, 0.6) is 0 Å². The van der Waals surface area contributed by atoms with Gasteiger partial charge in [-0.1, -0.05) is 29.7 Å². The Morgan fingerprint density at radius 1 is 1.17 bits per heavy atom. The Bertz CT molecular complexity index is 1000. The topological polar surface area (TPSA) is 76.3 Å². The van der Waals surface area contributed by atoms with Crippen molar-refractivity contribution in [2.45, 2.75) is 33.1 Å². The molecule has 0 aliphatic carbocycles. The van der Waals surface area contributed by atoms with Crippen LogP contribution >= 0.6 is 0 Å². The average molecular weight is 387 g/mol. The Labute approximate surface area is 171 Å². The molecule has 0 spiro atoms. The van der Waals surface area contributed by atoms with Gasteiger partial charge in [-0.3, -0.25) is 9.59 Å². The minimum Gasteiger partial charge on any atom is -0.369 e. The number of aryl methyl sites for hydroxylation is 1. The molecular weight excluding hydrogens is 362 g/mol. The van der Waals surface area contributed by atoms with E-state index in [2.05, 4.69) is 16.8 Å². The van der Waals surface area contributed by atoms with Crippen molar-refractivity contribution in [2.75, 3.05) is 13.1 Å². The lowest BCUT2D eigenvalue weighted by molar-refractivity contribution is -0.117. The summed E-state index contributed by atoms with van der Waals surface area (Å²) in [4.78, 5) is 30.1. The molecule has 2 heterocycles. The van der Waals surface area contributed by atoms with Gasteiger partial charge in [0.05, 0.1) is 6.42 Å². The van der Waals surface area contributed by atoms with Crippen LogP contribution in [0.25, 0.3) is 0 Å². The van der Waals surface area contributed by atoms with Gasteiger partial charge in [-0.2, -0.15) is 0 Å². The second-order valence-electron chi connectivity index (χ2n) is 7.28. The average Bonchev–Trinajstić information content (AvgIpc) is 2.72. The van der Waals surface area contributed by atoms with Gasteiger partial charge < -0.3 is 10.6 Å². The fourth-order valence-electron chi connectivity index (χ4n) is 3.48. The van der Waals surface area contributed by atoms with Crippen molar-refractivity contribution >= 4 is 11.8 Å². The van der Waals surface area contributed by atoms with Gasteiger partial charge in [0.2, 0.25) is 5.91 Å². The Morgan fingerprint density at radius 3 is 2.55 bits per heavy atom. The van der Waals surface area contributed by atoms with Crippen LogP contribution in [0.4, 0.5) is 0 Å². The first kappa shape index (κ1) is 20.3. The predicted molar refractivity (Wildman–Crippen MR) is 113 cm³/mol. The SMILES string of the molecule is CC(C#Cc1ccccn1)=C1CCN(C(=O)c2ccc(CC(N)=O)cc2C)CC1. The third-order valence-corrected chi connectivity index (χ3v) is 5.13. The molecule has 2 N–H and O–H groups in total. The van der Waals surface area contributed by atoms with Crippen LogP contribution in [0.1, 0.15) is 46.9 Å². The zero-order valence-corrected chi connectivity index (χ0v) is 16.9. The van der Waals surface area contributed by atoms with Gasteiger partial charge in [-0.15, -0.1) is 0 Å². The van der Waals surface area contributed by atoms with Crippen LogP contribution in [0.2, 0.25) is 0 Å². The number of primary amides is 1. The van der Waals surface area contributed by atoms with Crippen molar-refractivity contribution in [3.8, 4) is 11.8 Å². The summed E-state index contributed by atoms with van der Waals surface area (Å²) in [6, 6.07) is 11.2. The zero-order chi connectivity index (χ0) is 20.8. The summed E-state index contributed by atoms with van der Waals surface area (Å²) in [6.45, 7) is 5.28. The summed E-state index contributed by atoms with van der Waals surface area (Å²) in [5.41, 5.74) is 10.7. The maximum atomic E-state index is 12.9. The van der Waals surface area contributed by atoms with Crippen molar-refractivity contribution in [3.63, 3.8) is 0 Å². The minimum absolute atomic E-state index is 0.0318. The Morgan fingerprint density at radius 2 is 1.93 bits per heavy atom. The van der Waals surface area contributed by atoms with Crippen LogP contribution in [0.15, 0.2) is 53.7 Å². The quantitative estimate of drug-likeness (QED) is 0.823. The minimum atomic E-state index is -0.375. The van der Waals surface area contributed by atoms with Crippen LogP contribution in [0, 0.1) is 18.8 Å². The number of aromatic nitrogens is 1. The largest absolute Gasteiger partial charge is 0.369 e. The van der Waals surface area contributed by atoms with E-state index in [4.69, 9.17) is 5.73 Å². The van der Waals surface area contributed by atoms with Gasteiger partial charge in [-0.25, -0.2) is 4.98 Å². The number of carbonyl (C=O) groups excluding carboxylic acids is 2. The smallest absolute Gasteiger partial charge is 0.254 e. The number of nitrogens with zero attached hydrogens (tertiary/aromatic N) is 2. The number of pyridine rings is 1. The first-order valence-corrected chi connectivity index (χ1v) is 9.73. The molecule has 5 nitrogen and oxygen atoms in total. The standard InChI is InChI=1S/C24H25N3O2/c1-17(6-8-21-5-3-4-12-26-21)20-10-13-27(14-11-20)24(29)22-9-7-19(15-18(22)2)16-23(25)28/h3-5,7,9,12,15H,10-11,13-14,16H2,1-2H3,(H2,25,28). The molecule has 1 fully saturated rings. The third kappa shape index (κ3) is 5.32. The summed E-state index contributed by atoms with van der Waals surface area (Å²) < 4.78 is 0. The molecule has 0 radical (unpaired) electrons. The summed E-state index contributed by atoms with van der Waals surface area (Å²) in [6.07, 6.45) is 3.57. The lowest BCUT2D eigenvalue weighted by Crippen LogP contribution is -2.37. The maximum Gasteiger partial charge on any atom is 0.254 e. The first-order chi connectivity index (χ1) is 13.9. The Hall–Kier alpha value is -3.39. The summed E-state index contributed by atoms with van der Waals surface area (Å²) in [7, 11) is 0. The van der Waals surface area contributed by atoms with Crippen LogP contribution in [0.3, 0.4) is 0 Å². The first-order valence-electron chi connectivity index (χ1n) is 9.73. The van der Waals surface area contributed by atoms with E-state index in [0.717, 1.165) is 35.2 Å². The van der Waals surface area contributed by atoms with Gasteiger partial charge >= 0.3 is 0 Å². The van der Waals surface area contributed by atoms with E-state index < -0.39 is 0 Å². The molecule has 148 valence electrons. The van der Waals surface area contributed by atoms with Crippen molar-refractivity contribution in [1.29, 1.82) is 0 Å². The molecule has 29 heavy (non-hydrogen) atoms. The molecule has 1 aromatic carbocycles. The van der Waals surface area contributed by atoms with Crippen LogP contribution in [-0.2, 0) is 11.2 Å². The number of hydrogen-bond acceptors (Lipinski definition) is 3. The van der Waals surface area contributed by atoms with Gasteiger partial charge in [-0.05, 0) is 67.5 Å². The van der Waals surface area contributed by atoms with E-state index in [0.29, 0.717) is 18.7 Å². The lowest BCUT2D eigenvalue weighted by Gasteiger charge is -2.29. The Kier molecular flexibility index (Phi) is 6.46. The van der Waals surface area contributed by atoms with E-state index in [1.54, 1.807) is 18.3 Å². The monoisotopic (exact) mass is 387 g/mol. The van der Waals surface area contributed by atoms with Crippen LogP contribution in [-0.4, -0.2) is 34.8 Å². The number of likely N-dealkylation sites (tertiary alicyclic amines) is 1. The van der Waals surface area contributed by atoms with Gasteiger partial charge in [0, 0.05) is 24.8 Å². The van der Waals surface area contributed by atoms with Gasteiger partial charge in [0.25, 0.3) is 5.91 Å². The van der Waals surface area contributed by atoms with E-state index in [9.17, 15) is 9.59 Å². The van der Waals surface area contributed by atoms with Crippen LogP contribution < -0.4 is 5.73 Å². The molecular formula is C24H25N3O2. The molecule has 0 atom stereocenters. The summed E-state index contributed by atoms with van der Waals surface area (Å²) in [5.74, 6) is 5.95. The molecule has 5 heteroatoms. The number of amides is 2. The summed E-state index contributed by atoms with van der Waals surface area (Å²) >= 11 is 0. The Balaban J connectivity index is 1.65. The number of nitrogens with two attached hydrogens (primary N) is 1. The van der Waals surface area contributed by atoms with Gasteiger partial charge in [0.15, 0.2) is 0 Å². The maximum absolute atomic E-state index is 12.9. The molecule has 3 rings (SSSR count). The fraction of sp³-hybridized carbons (Fsp3) is 0.292. The molecule has 1 aliphatic heterocycles. The fourth-order valence-corrected chi connectivity index (χ4v) is 3.48. The van der Waals surface area contributed by atoms with E-state index in [1.165, 1.54) is 5.57 Å². The molecule has 2 amide bonds. The van der Waals surface area contributed by atoms with Crippen molar-refractivity contribution in [1.82, 2.24) is 9.88 Å². The summed E-state index contributed by atoms with van der Waals surface area (Å²) in [5, 5.41) is 0. The zero-order valence-electron chi connectivity index (χ0n) is 16.9. The predicted octanol–water partition coefficient (Wildman–Crippen LogP) is 3.02. The molecule has 0 saturated carbocycles. The molecule has 0 bridgehead atoms. The molecule has 1 aliphatic rings. The number of allylic oxidation sites excluding steroid dienone is 1. The molecule has 2 aromatic rings. The number of hydrogen-bond donors (Lipinski definition) is 1. The number of piperidine rings is 1. The highest BCUT2D eigenvalue weighted by atomic mass is 16.2. The van der Waals surface area contributed by atoms with Gasteiger partial charge in [0.1, 0.15) is 5.69 Å². The highest BCUT2D eigenvalue weighted by Gasteiger charge is 2.22. The molecule has 1 aromatic heterocycles. The lowest BCUT2D eigenvalue weighted by atomic mass is 9.97. The normalized spacial score (nSPS) is 13.4. The number of benzene rings is 1. The third-order valence-electron chi connectivity index (χ3n) is 5.13. The van der Waals surface area contributed by atoms with E-state index >= 15 is 0 Å². The number of carbonyl (C=O) groups is 2. The second kappa shape index (κ2) is 9.20. The second-order valence-corrected chi connectivity index (χ2v) is 7.28. The molecule has 0 unspecified atom stereocenters. The van der Waals surface area contributed by atoms with E-state index in [1.807, 2.05) is 43.0 Å². The van der Waals surface area contributed by atoms with Crippen molar-refractivity contribution in [2.24, 2.45) is 5.73 Å². The van der Waals surface area contributed by atoms with Crippen molar-refractivity contribution in [3.05, 3.63) is 76.1 Å². The van der Waals surface area contributed by atoms with E-state index in [-0.39, 0.29) is 18.2 Å².